The summed E-state index contributed by atoms with van der Waals surface area (Å²) in [5.41, 5.74) is 0.857. The fourth-order valence-electron chi connectivity index (χ4n) is 3.52. The first-order chi connectivity index (χ1) is 14.2. The first kappa shape index (κ1) is 19.4. The standard InChI is InChI=1S/C20H25ClN8/c1-2-22-20(24-11-8-18-27-26-17-7-3-4-12-29(17)18)25-15-9-13-28(14-15)19-16(21)6-5-10-23-19/h3-7,10,12,15H,2,8-9,11,13-14H2,1H3,(H2,22,24,25). The second-order valence-electron chi connectivity index (χ2n) is 6.94. The minimum absolute atomic E-state index is 0.291. The molecule has 1 fully saturated rings. The minimum atomic E-state index is 0.291. The Hall–Kier alpha value is -2.87. The van der Waals surface area contributed by atoms with Gasteiger partial charge in [0.25, 0.3) is 0 Å². The van der Waals surface area contributed by atoms with Crippen LogP contribution in [-0.4, -0.2) is 57.8 Å². The molecule has 9 heteroatoms. The van der Waals surface area contributed by atoms with Crippen LogP contribution < -0.4 is 15.5 Å². The van der Waals surface area contributed by atoms with Crippen LogP contribution in [-0.2, 0) is 6.42 Å². The van der Waals surface area contributed by atoms with E-state index in [0.29, 0.717) is 17.6 Å². The van der Waals surface area contributed by atoms with Crippen LogP contribution in [0.3, 0.4) is 0 Å². The van der Waals surface area contributed by atoms with Crippen LogP contribution in [0, 0.1) is 0 Å². The monoisotopic (exact) mass is 412 g/mol. The summed E-state index contributed by atoms with van der Waals surface area (Å²) in [6.07, 6.45) is 5.49. The summed E-state index contributed by atoms with van der Waals surface area (Å²) < 4.78 is 2.00. The molecular weight excluding hydrogens is 388 g/mol. The van der Waals surface area contributed by atoms with Crippen LogP contribution in [0.15, 0.2) is 47.7 Å². The van der Waals surface area contributed by atoms with E-state index in [2.05, 4.69) is 37.6 Å². The molecule has 0 aromatic carbocycles. The van der Waals surface area contributed by atoms with Crippen LogP contribution >= 0.6 is 11.6 Å². The van der Waals surface area contributed by atoms with Crippen LogP contribution in [0.5, 0.6) is 0 Å². The predicted molar refractivity (Wildman–Crippen MR) is 116 cm³/mol. The van der Waals surface area contributed by atoms with Crippen molar-refractivity contribution in [2.24, 2.45) is 4.99 Å². The summed E-state index contributed by atoms with van der Waals surface area (Å²) >= 11 is 6.29. The minimum Gasteiger partial charge on any atom is -0.357 e. The van der Waals surface area contributed by atoms with E-state index in [-0.39, 0.29) is 0 Å². The maximum atomic E-state index is 6.29. The summed E-state index contributed by atoms with van der Waals surface area (Å²) in [6, 6.07) is 9.91. The quantitative estimate of drug-likeness (QED) is 0.477. The Morgan fingerprint density at radius 2 is 2.21 bits per heavy atom. The zero-order chi connectivity index (χ0) is 20.1. The highest BCUT2D eigenvalue weighted by molar-refractivity contribution is 6.32. The molecule has 0 bridgehead atoms. The number of hydrogen-bond donors (Lipinski definition) is 2. The van der Waals surface area contributed by atoms with Crippen molar-refractivity contribution in [3.8, 4) is 0 Å². The van der Waals surface area contributed by atoms with Gasteiger partial charge in [-0.1, -0.05) is 17.7 Å². The second-order valence-corrected chi connectivity index (χ2v) is 7.35. The molecule has 1 aliphatic rings. The highest BCUT2D eigenvalue weighted by atomic mass is 35.5. The molecule has 3 aromatic heterocycles. The van der Waals surface area contributed by atoms with Crippen molar-refractivity contribution >= 4 is 29.0 Å². The summed E-state index contributed by atoms with van der Waals surface area (Å²) in [5.74, 6) is 2.58. The van der Waals surface area contributed by atoms with Gasteiger partial charge >= 0.3 is 0 Å². The number of nitrogens with one attached hydrogen (secondary N) is 2. The first-order valence-electron chi connectivity index (χ1n) is 9.93. The van der Waals surface area contributed by atoms with E-state index < -0.39 is 0 Å². The van der Waals surface area contributed by atoms with Crippen molar-refractivity contribution in [1.29, 1.82) is 0 Å². The maximum absolute atomic E-state index is 6.29. The lowest BCUT2D eigenvalue weighted by Crippen LogP contribution is -2.44. The van der Waals surface area contributed by atoms with Gasteiger partial charge in [0.05, 0.1) is 5.02 Å². The van der Waals surface area contributed by atoms with Gasteiger partial charge in [0.15, 0.2) is 11.6 Å². The Kier molecular flexibility index (Phi) is 6.09. The molecule has 0 amide bonds. The molecule has 0 saturated carbocycles. The lowest BCUT2D eigenvalue weighted by atomic mass is 10.3. The van der Waals surface area contributed by atoms with E-state index in [0.717, 1.165) is 55.7 Å². The van der Waals surface area contributed by atoms with Gasteiger partial charge in [-0.3, -0.25) is 9.39 Å². The van der Waals surface area contributed by atoms with Crippen LogP contribution in [0.25, 0.3) is 5.65 Å². The van der Waals surface area contributed by atoms with Crippen molar-refractivity contribution in [3.05, 3.63) is 53.6 Å². The van der Waals surface area contributed by atoms with Gasteiger partial charge in [0.1, 0.15) is 11.6 Å². The summed E-state index contributed by atoms with van der Waals surface area (Å²) in [7, 11) is 0. The van der Waals surface area contributed by atoms with Crippen LogP contribution in [0.2, 0.25) is 5.02 Å². The molecule has 4 rings (SSSR count). The molecule has 0 aliphatic carbocycles. The molecule has 1 saturated heterocycles. The molecule has 152 valence electrons. The molecule has 1 aliphatic heterocycles. The van der Waals surface area contributed by atoms with Crippen molar-refractivity contribution in [2.75, 3.05) is 31.1 Å². The Bertz CT molecular complexity index is 985. The summed E-state index contributed by atoms with van der Waals surface area (Å²) in [6.45, 7) is 5.27. The van der Waals surface area contributed by atoms with Gasteiger partial charge < -0.3 is 15.5 Å². The first-order valence-corrected chi connectivity index (χ1v) is 10.3. The molecule has 4 heterocycles. The fourth-order valence-corrected chi connectivity index (χ4v) is 3.76. The lowest BCUT2D eigenvalue weighted by Gasteiger charge is -2.20. The second kappa shape index (κ2) is 9.09. The Labute approximate surface area is 175 Å². The van der Waals surface area contributed by atoms with E-state index in [1.165, 1.54) is 0 Å². The third kappa shape index (κ3) is 4.59. The summed E-state index contributed by atoms with van der Waals surface area (Å²) in [4.78, 5) is 11.4. The largest absolute Gasteiger partial charge is 0.357 e. The Balaban J connectivity index is 1.36. The van der Waals surface area contributed by atoms with Crippen molar-refractivity contribution in [1.82, 2.24) is 30.2 Å². The zero-order valence-electron chi connectivity index (χ0n) is 16.4. The molecule has 0 spiro atoms. The normalized spacial score (nSPS) is 17.1. The van der Waals surface area contributed by atoms with Gasteiger partial charge in [-0.15, -0.1) is 10.2 Å². The average Bonchev–Trinajstić information content (AvgIpc) is 3.36. The third-order valence-corrected chi connectivity index (χ3v) is 5.20. The number of hydrogen-bond acceptors (Lipinski definition) is 5. The van der Waals surface area contributed by atoms with Gasteiger partial charge in [-0.25, -0.2) is 4.98 Å². The number of rotatable bonds is 6. The van der Waals surface area contributed by atoms with Crippen molar-refractivity contribution < 1.29 is 0 Å². The molecule has 0 radical (unpaired) electrons. The highest BCUT2D eigenvalue weighted by Gasteiger charge is 2.25. The predicted octanol–water partition coefficient (Wildman–Crippen LogP) is 2.15. The number of halogens is 1. The molecular formula is C20H25ClN8. The van der Waals surface area contributed by atoms with E-state index in [1.807, 2.05) is 40.9 Å². The smallest absolute Gasteiger partial charge is 0.191 e. The number of anilines is 1. The van der Waals surface area contributed by atoms with Crippen molar-refractivity contribution in [2.45, 2.75) is 25.8 Å². The van der Waals surface area contributed by atoms with Crippen LogP contribution in [0.1, 0.15) is 19.2 Å². The van der Waals surface area contributed by atoms with Gasteiger partial charge in [0, 0.05) is 51.0 Å². The fraction of sp³-hybridized carbons (Fsp3) is 0.400. The maximum Gasteiger partial charge on any atom is 0.191 e. The molecule has 29 heavy (non-hydrogen) atoms. The van der Waals surface area contributed by atoms with E-state index in [1.54, 1.807) is 6.20 Å². The van der Waals surface area contributed by atoms with Gasteiger partial charge in [0.2, 0.25) is 0 Å². The molecule has 3 aromatic rings. The number of pyridine rings is 2. The molecule has 2 N–H and O–H groups in total. The van der Waals surface area contributed by atoms with Crippen LogP contribution in [0.4, 0.5) is 5.82 Å². The van der Waals surface area contributed by atoms with E-state index in [4.69, 9.17) is 16.6 Å². The molecule has 1 atom stereocenters. The Morgan fingerprint density at radius 1 is 1.28 bits per heavy atom. The molecule has 1 unspecified atom stereocenters. The van der Waals surface area contributed by atoms with E-state index >= 15 is 0 Å². The summed E-state index contributed by atoms with van der Waals surface area (Å²) in [5, 5.41) is 16.0. The lowest BCUT2D eigenvalue weighted by molar-refractivity contribution is 0.648. The molecule has 8 nitrogen and oxygen atoms in total. The van der Waals surface area contributed by atoms with Gasteiger partial charge in [-0.05, 0) is 37.6 Å². The SMILES string of the molecule is CCNC(=NCCc1nnc2ccccn12)NC1CCN(c2ncccc2Cl)C1. The third-order valence-electron chi connectivity index (χ3n) is 4.90. The number of aromatic nitrogens is 4. The highest BCUT2D eigenvalue weighted by Crippen LogP contribution is 2.25. The number of nitrogens with zero attached hydrogens (tertiary/aromatic N) is 6. The number of aliphatic imine (C=N–C) groups is 1. The average molecular weight is 413 g/mol. The van der Waals surface area contributed by atoms with E-state index in [9.17, 15) is 0 Å². The number of fused-ring (bicyclic) bond motifs is 1. The van der Waals surface area contributed by atoms with Crippen molar-refractivity contribution in [3.63, 3.8) is 0 Å². The zero-order valence-corrected chi connectivity index (χ0v) is 17.2. The number of guanidine groups is 1. The van der Waals surface area contributed by atoms with Gasteiger partial charge in [-0.2, -0.15) is 0 Å². The Morgan fingerprint density at radius 3 is 3.07 bits per heavy atom. The topological polar surface area (TPSA) is 82.7 Å².